The number of alkyl halides is 3. The Labute approximate surface area is 128 Å². The lowest BCUT2D eigenvalue weighted by molar-refractivity contribution is -0.141. The van der Waals surface area contributed by atoms with Crippen LogP contribution in [-0.2, 0) is 6.18 Å². The molecule has 1 aromatic heterocycles. The summed E-state index contributed by atoms with van der Waals surface area (Å²) in [7, 11) is 0. The van der Waals surface area contributed by atoms with E-state index in [1.807, 2.05) is 0 Å². The second kappa shape index (κ2) is 6.01. The fourth-order valence-corrected chi connectivity index (χ4v) is 3.26. The number of nitrogens with one attached hydrogen (secondary N) is 1. The lowest BCUT2D eigenvalue weighted by Crippen LogP contribution is -2.38. The third-order valence-electron chi connectivity index (χ3n) is 4.51. The molecule has 0 bridgehead atoms. The number of hydrogen-bond acceptors (Lipinski definition) is 3. The molecular formula is C14H19ClF3N3. The summed E-state index contributed by atoms with van der Waals surface area (Å²) in [6.07, 6.45) is 0.410. The average Bonchev–Trinajstić information content (AvgIpc) is 2.83. The van der Waals surface area contributed by atoms with Crippen molar-refractivity contribution in [3.8, 4) is 0 Å². The predicted octanol–water partition coefficient (Wildman–Crippen LogP) is 3.10. The van der Waals surface area contributed by atoms with E-state index in [2.05, 4.69) is 15.2 Å². The number of pyridine rings is 1. The van der Waals surface area contributed by atoms with Crippen molar-refractivity contribution >= 4 is 18.1 Å². The summed E-state index contributed by atoms with van der Waals surface area (Å²) >= 11 is 0. The van der Waals surface area contributed by atoms with Crippen molar-refractivity contribution in [2.45, 2.75) is 25.4 Å². The molecule has 1 N–H and O–H groups in total. The number of anilines is 1. The quantitative estimate of drug-likeness (QED) is 0.861. The smallest absolute Gasteiger partial charge is 0.370 e. The molecule has 0 amide bonds. The maximum absolute atomic E-state index is 12.5. The second-order valence-corrected chi connectivity index (χ2v) is 5.82. The van der Waals surface area contributed by atoms with Crippen LogP contribution in [0.25, 0.3) is 0 Å². The van der Waals surface area contributed by atoms with Crippen LogP contribution in [0, 0.1) is 5.41 Å². The number of aromatic nitrogens is 1. The minimum Gasteiger partial charge on any atom is -0.370 e. The summed E-state index contributed by atoms with van der Waals surface area (Å²) in [4.78, 5) is 5.71. The zero-order valence-electron chi connectivity index (χ0n) is 11.6. The fraction of sp³-hybridized carbons (Fsp3) is 0.643. The third-order valence-corrected chi connectivity index (χ3v) is 4.51. The van der Waals surface area contributed by atoms with Crippen molar-refractivity contribution < 1.29 is 13.2 Å². The Morgan fingerprint density at radius 1 is 1.14 bits per heavy atom. The summed E-state index contributed by atoms with van der Waals surface area (Å²) in [6.45, 7) is 3.92. The normalized spacial score (nSPS) is 21.4. The molecule has 118 valence electrons. The van der Waals surface area contributed by atoms with Crippen LogP contribution in [0.1, 0.15) is 25.0 Å². The van der Waals surface area contributed by atoms with Gasteiger partial charge in [0.1, 0.15) is 5.69 Å². The van der Waals surface area contributed by atoms with Crippen LogP contribution >= 0.6 is 12.4 Å². The molecule has 1 spiro atoms. The average molecular weight is 322 g/mol. The predicted molar refractivity (Wildman–Crippen MR) is 77.9 cm³/mol. The van der Waals surface area contributed by atoms with Gasteiger partial charge < -0.3 is 10.2 Å². The molecule has 0 aromatic carbocycles. The molecule has 21 heavy (non-hydrogen) atoms. The topological polar surface area (TPSA) is 28.2 Å². The lowest BCUT2D eigenvalue weighted by atomic mass is 9.78. The van der Waals surface area contributed by atoms with E-state index in [0.29, 0.717) is 5.41 Å². The van der Waals surface area contributed by atoms with Gasteiger partial charge in [0.25, 0.3) is 0 Å². The van der Waals surface area contributed by atoms with E-state index < -0.39 is 11.9 Å². The first-order chi connectivity index (χ1) is 9.49. The Morgan fingerprint density at radius 2 is 1.86 bits per heavy atom. The molecule has 3 rings (SSSR count). The fourth-order valence-electron chi connectivity index (χ4n) is 3.26. The molecule has 2 fully saturated rings. The van der Waals surface area contributed by atoms with Crippen LogP contribution in [0.15, 0.2) is 18.3 Å². The van der Waals surface area contributed by atoms with Crippen molar-refractivity contribution in [1.82, 2.24) is 10.3 Å². The lowest BCUT2D eigenvalue weighted by Gasteiger charge is -2.34. The summed E-state index contributed by atoms with van der Waals surface area (Å²) in [5.41, 5.74) is 0.318. The van der Waals surface area contributed by atoms with Crippen LogP contribution in [0.4, 0.5) is 18.9 Å². The standard InChI is InChI=1S/C14H18F3N3.ClH/c15-14(16,17)12-2-1-11(9-19-12)20-8-5-13(10-20)3-6-18-7-4-13;/h1-2,9,18H,3-8,10H2;1H. The first-order valence-corrected chi connectivity index (χ1v) is 6.98. The molecule has 0 aliphatic carbocycles. The maximum atomic E-state index is 12.5. The van der Waals surface area contributed by atoms with Gasteiger partial charge in [-0.1, -0.05) is 0 Å². The molecule has 0 radical (unpaired) electrons. The maximum Gasteiger partial charge on any atom is 0.433 e. The minimum absolute atomic E-state index is 0. The molecule has 3 nitrogen and oxygen atoms in total. The third kappa shape index (κ3) is 3.43. The first kappa shape index (κ1) is 16.4. The van der Waals surface area contributed by atoms with E-state index in [0.717, 1.165) is 57.2 Å². The molecule has 2 aliphatic rings. The van der Waals surface area contributed by atoms with Gasteiger partial charge in [0, 0.05) is 13.1 Å². The van der Waals surface area contributed by atoms with Gasteiger partial charge in [-0.25, -0.2) is 4.98 Å². The van der Waals surface area contributed by atoms with E-state index in [-0.39, 0.29) is 12.4 Å². The number of halogens is 4. The van der Waals surface area contributed by atoms with Crippen LogP contribution < -0.4 is 10.2 Å². The summed E-state index contributed by atoms with van der Waals surface area (Å²) < 4.78 is 37.5. The molecule has 0 atom stereocenters. The number of nitrogens with zero attached hydrogens (tertiary/aromatic N) is 2. The summed E-state index contributed by atoms with van der Waals surface area (Å²) in [5, 5.41) is 3.36. The van der Waals surface area contributed by atoms with E-state index in [1.165, 1.54) is 12.3 Å². The molecule has 2 aliphatic heterocycles. The monoisotopic (exact) mass is 321 g/mol. The highest BCUT2D eigenvalue weighted by Gasteiger charge is 2.39. The van der Waals surface area contributed by atoms with E-state index in [4.69, 9.17) is 0 Å². The SMILES string of the molecule is Cl.FC(F)(F)c1ccc(N2CCC3(CCNCC3)C2)cn1. The summed E-state index contributed by atoms with van der Waals surface area (Å²) in [6, 6.07) is 2.61. The summed E-state index contributed by atoms with van der Waals surface area (Å²) in [5.74, 6) is 0. The number of piperidine rings is 1. The highest BCUT2D eigenvalue weighted by atomic mass is 35.5. The van der Waals surface area contributed by atoms with Gasteiger partial charge in [-0.05, 0) is 49.9 Å². The Hall–Kier alpha value is -1.01. The zero-order chi connectivity index (χ0) is 14.2. The molecule has 3 heterocycles. The van der Waals surface area contributed by atoms with Crippen LogP contribution in [0.2, 0.25) is 0 Å². The Bertz CT molecular complexity index is 469. The molecule has 0 saturated carbocycles. The van der Waals surface area contributed by atoms with Crippen molar-refractivity contribution in [3.05, 3.63) is 24.0 Å². The Kier molecular flexibility index (Phi) is 4.68. The van der Waals surface area contributed by atoms with Gasteiger partial charge in [0.15, 0.2) is 0 Å². The molecule has 1 aromatic rings. The molecule has 2 saturated heterocycles. The van der Waals surface area contributed by atoms with Crippen molar-refractivity contribution in [2.24, 2.45) is 5.41 Å². The van der Waals surface area contributed by atoms with Crippen LogP contribution in [0.5, 0.6) is 0 Å². The molecule has 7 heteroatoms. The highest BCUT2D eigenvalue weighted by molar-refractivity contribution is 5.85. The van der Waals surface area contributed by atoms with Crippen molar-refractivity contribution in [2.75, 3.05) is 31.1 Å². The van der Waals surface area contributed by atoms with Gasteiger partial charge in [-0.15, -0.1) is 12.4 Å². The van der Waals surface area contributed by atoms with Gasteiger partial charge in [-0.3, -0.25) is 0 Å². The van der Waals surface area contributed by atoms with Crippen LogP contribution in [0.3, 0.4) is 0 Å². The second-order valence-electron chi connectivity index (χ2n) is 5.82. The van der Waals surface area contributed by atoms with E-state index in [1.54, 1.807) is 0 Å². The molecule has 0 unspecified atom stereocenters. The first-order valence-electron chi connectivity index (χ1n) is 6.98. The van der Waals surface area contributed by atoms with Gasteiger partial charge >= 0.3 is 6.18 Å². The van der Waals surface area contributed by atoms with Crippen molar-refractivity contribution in [1.29, 1.82) is 0 Å². The number of rotatable bonds is 1. The van der Waals surface area contributed by atoms with Gasteiger partial charge in [-0.2, -0.15) is 13.2 Å². The number of hydrogen-bond donors (Lipinski definition) is 1. The Balaban J connectivity index is 0.00000161. The zero-order valence-corrected chi connectivity index (χ0v) is 12.4. The van der Waals surface area contributed by atoms with E-state index in [9.17, 15) is 13.2 Å². The van der Waals surface area contributed by atoms with Crippen LogP contribution in [-0.4, -0.2) is 31.2 Å². The van der Waals surface area contributed by atoms with Gasteiger partial charge in [0.2, 0.25) is 0 Å². The van der Waals surface area contributed by atoms with Crippen molar-refractivity contribution in [3.63, 3.8) is 0 Å². The van der Waals surface area contributed by atoms with Gasteiger partial charge in [0.05, 0.1) is 11.9 Å². The molecular weight excluding hydrogens is 303 g/mol. The largest absolute Gasteiger partial charge is 0.433 e. The highest BCUT2D eigenvalue weighted by Crippen LogP contribution is 2.40. The van der Waals surface area contributed by atoms with E-state index >= 15 is 0 Å². The minimum atomic E-state index is -4.36. The Morgan fingerprint density at radius 3 is 2.43 bits per heavy atom.